The number of phenols is 2. The van der Waals surface area contributed by atoms with Crippen molar-refractivity contribution in [2.75, 3.05) is 0 Å². The predicted octanol–water partition coefficient (Wildman–Crippen LogP) is 2.48. The molecular weight excluding hydrogens is 268 g/mol. The Hall–Kier alpha value is -2.82. The number of aromatic hydroxyl groups is 2. The van der Waals surface area contributed by atoms with E-state index in [9.17, 15) is 15.0 Å². The summed E-state index contributed by atoms with van der Waals surface area (Å²) < 4.78 is 0. The number of rotatable bonds is 3. The fraction of sp³-hybridized carbons (Fsp3) is 0.125. The molecule has 5 nitrogen and oxygen atoms in total. The van der Waals surface area contributed by atoms with Crippen molar-refractivity contribution in [2.24, 2.45) is 5.10 Å². The van der Waals surface area contributed by atoms with E-state index in [0.717, 1.165) is 16.7 Å². The number of hydrogen-bond acceptors (Lipinski definition) is 4. The van der Waals surface area contributed by atoms with Gasteiger partial charge in [0.05, 0.1) is 6.21 Å². The average Bonchev–Trinajstić information content (AvgIpc) is 2.44. The van der Waals surface area contributed by atoms with Crippen molar-refractivity contribution >= 4 is 12.1 Å². The Labute approximate surface area is 122 Å². The van der Waals surface area contributed by atoms with Gasteiger partial charge in [0.2, 0.25) is 0 Å². The van der Waals surface area contributed by atoms with Gasteiger partial charge in [-0.15, -0.1) is 0 Å². The van der Waals surface area contributed by atoms with Crippen molar-refractivity contribution in [1.82, 2.24) is 5.43 Å². The van der Waals surface area contributed by atoms with Gasteiger partial charge < -0.3 is 10.2 Å². The van der Waals surface area contributed by atoms with Gasteiger partial charge in [-0.05, 0) is 60.9 Å². The highest BCUT2D eigenvalue weighted by atomic mass is 16.3. The van der Waals surface area contributed by atoms with Crippen LogP contribution in [0, 0.1) is 13.8 Å². The van der Waals surface area contributed by atoms with Gasteiger partial charge in [0.15, 0.2) is 0 Å². The maximum absolute atomic E-state index is 11.8. The zero-order chi connectivity index (χ0) is 15.4. The second-order valence-electron chi connectivity index (χ2n) is 4.75. The molecule has 0 bridgehead atoms. The summed E-state index contributed by atoms with van der Waals surface area (Å²) in [4.78, 5) is 11.8. The van der Waals surface area contributed by atoms with Gasteiger partial charge >= 0.3 is 0 Å². The Morgan fingerprint density at radius 2 is 1.81 bits per heavy atom. The normalized spacial score (nSPS) is 10.8. The van der Waals surface area contributed by atoms with Crippen LogP contribution in [0.5, 0.6) is 11.5 Å². The molecule has 0 saturated carbocycles. The summed E-state index contributed by atoms with van der Waals surface area (Å²) in [5.41, 5.74) is 4.98. The maximum atomic E-state index is 11.8. The van der Waals surface area contributed by atoms with Crippen LogP contribution in [0.15, 0.2) is 41.5 Å². The maximum Gasteiger partial charge on any atom is 0.271 e. The number of nitrogens with zero attached hydrogens (tertiary/aromatic N) is 1. The number of nitrogens with one attached hydrogen (secondary N) is 1. The Balaban J connectivity index is 2.07. The van der Waals surface area contributed by atoms with Gasteiger partial charge in [-0.1, -0.05) is 6.07 Å². The van der Waals surface area contributed by atoms with Crippen LogP contribution < -0.4 is 5.43 Å². The summed E-state index contributed by atoms with van der Waals surface area (Å²) in [7, 11) is 0. The summed E-state index contributed by atoms with van der Waals surface area (Å²) in [5, 5.41) is 22.9. The molecule has 0 unspecified atom stereocenters. The molecule has 5 heteroatoms. The smallest absolute Gasteiger partial charge is 0.271 e. The fourth-order valence-electron chi connectivity index (χ4n) is 1.94. The average molecular weight is 284 g/mol. The van der Waals surface area contributed by atoms with Gasteiger partial charge in [-0.25, -0.2) is 5.43 Å². The first-order valence-corrected chi connectivity index (χ1v) is 6.40. The standard InChI is InChI=1S/C16H16N2O3/c1-10-6-12(7-11(2)15(10)20)9-17-18-16(21)13-4-3-5-14(19)8-13/h3-9,19-20H,1-2H3,(H,18,21). The third-order valence-electron chi connectivity index (χ3n) is 3.00. The van der Waals surface area contributed by atoms with Crippen LogP contribution >= 0.6 is 0 Å². The largest absolute Gasteiger partial charge is 0.508 e. The third-order valence-corrected chi connectivity index (χ3v) is 3.00. The SMILES string of the molecule is Cc1cc(C=NNC(=O)c2cccc(O)c2)cc(C)c1O. The van der Waals surface area contributed by atoms with Gasteiger partial charge in [0, 0.05) is 5.56 Å². The number of benzene rings is 2. The molecule has 1 amide bonds. The Morgan fingerprint density at radius 3 is 2.43 bits per heavy atom. The number of amides is 1. The minimum atomic E-state index is -0.408. The van der Waals surface area contributed by atoms with Crippen molar-refractivity contribution in [3.05, 3.63) is 58.7 Å². The van der Waals surface area contributed by atoms with Gasteiger partial charge in [0.1, 0.15) is 11.5 Å². The van der Waals surface area contributed by atoms with E-state index in [4.69, 9.17) is 0 Å². The number of aryl methyl sites for hydroxylation is 2. The molecule has 0 fully saturated rings. The van der Waals surface area contributed by atoms with Crippen LogP contribution in [0.1, 0.15) is 27.0 Å². The molecule has 2 aromatic rings. The van der Waals surface area contributed by atoms with E-state index in [-0.39, 0.29) is 11.5 Å². The molecule has 0 heterocycles. The lowest BCUT2D eigenvalue weighted by molar-refractivity contribution is 0.0954. The monoisotopic (exact) mass is 284 g/mol. The molecule has 0 atom stereocenters. The van der Waals surface area contributed by atoms with E-state index >= 15 is 0 Å². The second-order valence-corrected chi connectivity index (χ2v) is 4.75. The number of hydrogen-bond donors (Lipinski definition) is 3. The lowest BCUT2D eigenvalue weighted by atomic mass is 10.1. The van der Waals surface area contributed by atoms with Crippen molar-refractivity contribution < 1.29 is 15.0 Å². The van der Waals surface area contributed by atoms with E-state index in [1.165, 1.54) is 18.3 Å². The topological polar surface area (TPSA) is 81.9 Å². The minimum absolute atomic E-state index is 0.0245. The predicted molar refractivity (Wildman–Crippen MR) is 80.7 cm³/mol. The van der Waals surface area contributed by atoms with Crippen molar-refractivity contribution in [3.8, 4) is 11.5 Å². The molecule has 2 rings (SSSR count). The molecule has 0 aromatic heterocycles. The first kappa shape index (κ1) is 14.6. The zero-order valence-corrected chi connectivity index (χ0v) is 11.8. The van der Waals surface area contributed by atoms with Crippen molar-refractivity contribution in [2.45, 2.75) is 13.8 Å². The minimum Gasteiger partial charge on any atom is -0.508 e. The second kappa shape index (κ2) is 6.09. The van der Waals surface area contributed by atoms with E-state index in [0.29, 0.717) is 5.56 Å². The first-order chi connectivity index (χ1) is 9.97. The summed E-state index contributed by atoms with van der Waals surface area (Å²) in [6.07, 6.45) is 1.50. The molecule has 21 heavy (non-hydrogen) atoms. The summed E-state index contributed by atoms with van der Waals surface area (Å²) >= 11 is 0. The molecule has 0 radical (unpaired) electrons. The Bertz CT molecular complexity index is 685. The molecule has 0 saturated heterocycles. The summed E-state index contributed by atoms with van der Waals surface area (Å²) in [6.45, 7) is 3.59. The van der Waals surface area contributed by atoms with E-state index in [1.54, 1.807) is 38.1 Å². The molecular formula is C16H16N2O3. The molecule has 3 N–H and O–H groups in total. The lowest BCUT2D eigenvalue weighted by Gasteiger charge is -2.04. The van der Waals surface area contributed by atoms with Crippen LogP contribution in [-0.2, 0) is 0 Å². The quantitative estimate of drug-likeness (QED) is 0.598. The molecule has 108 valence electrons. The molecule has 0 aliphatic carbocycles. The van der Waals surface area contributed by atoms with Crippen LogP contribution in [0.3, 0.4) is 0 Å². The third kappa shape index (κ3) is 3.60. The number of phenolic OH excluding ortho intramolecular Hbond substituents is 2. The highest BCUT2D eigenvalue weighted by Gasteiger charge is 2.05. The number of hydrazone groups is 1. The van der Waals surface area contributed by atoms with Crippen LogP contribution in [0.4, 0.5) is 0 Å². The van der Waals surface area contributed by atoms with Gasteiger partial charge in [-0.3, -0.25) is 4.79 Å². The summed E-state index contributed by atoms with van der Waals surface area (Å²) in [6, 6.07) is 9.56. The lowest BCUT2D eigenvalue weighted by Crippen LogP contribution is -2.17. The van der Waals surface area contributed by atoms with Crippen LogP contribution in [-0.4, -0.2) is 22.3 Å². The molecule has 0 aliphatic rings. The van der Waals surface area contributed by atoms with Gasteiger partial charge in [0.25, 0.3) is 5.91 Å². The first-order valence-electron chi connectivity index (χ1n) is 6.40. The highest BCUT2D eigenvalue weighted by Crippen LogP contribution is 2.21. The van der Waals surface area contributed by atoms with E-state index < -0.39 is 5.91 Å². The van der Waals surface area contributed by atoms with Crippen molar-refractivity contribution in [3.63, 3.8) is 0 Å². The molecule has 0 spiro atoms. The van der Waals surface area contributed by atoms with Gasteiger partial charge in [-0.2, -0.15) is 5.10 Å². The summed E-state index contributed by atoms with van der Waals surface area (Å²) in [5.74, 6) is -0.123. The Morgan fingerprint density at radius 1 is 1.14 bits per heavy atom. The van der Waals surface area contributed by atoms with Crippen LogP contribution in [0.25, 0.3) is 0 Å². The number of carbonyl (C=O) groups is 1. The van der Waals surface area contributed by atoms with Crippen molar-refractivity contribution in [1.29, 1.82) is 0 Å². The number of carbonyl (C=O) groups excluding carboxylic acids is 1. The Kier molecular flexibility index (Phi) is 4.23. The molecule has 2 aromatic carbocycles. The van der Waals surface area contributed by atoms with Crippen LogP contribution in [0.2, 0.25) is 0 Å². The van der Waals surface area contributed by atoms with E-state index in [1.807, 2.05) is 0 Å². The zero-order valence-electron chi connectivity index (χ0n) is 11.8. The molecule has 0 aliphatic heterocycles. The fourth-order valence-corrected chi connectivity index (χ4v) is 1.94. The highest BCUT2D eigenvalue weighted by molar-refractivity contribution is 5.95. The van der Waals surface area contributed by atoms with E-state index in [2.05, 4.69) is 10.5 Å².